The van der Waals surface area contributed by atoms with E-state index in [4.69, 9.17) is 21.6 Å². The summed E-state index contributed by atoms with van der Waals surface area (Å²) in [7, 11) is 0. The van der Waals surface area contributed by atoms with E-state index in [2.05, 4.69) is 27.0 Å². The van der Waals surface area contributed by atoms with Crippen molar-refractivity contribution in [3.8, 4) is 11.4 Å². The third-order valence-corrected chi connectivity index (χ3v) is 5.18. The fourth-order valence-corrected chi connectivity index (χ4v) is 3.72. The van der Waals surface area contributed by atoms with Gasteiger partial charge in [-0.2, -0.15) is 0 Å². The molecule has 3 aromatic rings. The van der Waals surface area contributed by atoms with Crippen LogP contribution < -0.4 is 5.32 Å². The Kier molecular flexibility index (Phi) is 5.34. The molecule has 6 nitrogen and oxygen atoms in total. The highest BCUT2D eigenvalue weighted by atomic mass is 35.5. The standard InChI is InChI=1S/C20H23ClN6/c1-2-27-13-23-26-18(27)10-11-22-20-16-8-3-4-9-17(16)24-19(25-20)14-6-5-7-15(21)12-14/h5-7,12-13H,2-4,8-11H2,1H3,(H,22,24,25). The molecule has 0 amide bonds. The zero-order chi connectivity index (χ0) is 18.6. The summed E-state index contributed by atoms with van der Waals surface area (Å²) < 4.78 is 2.06. The number of fused-ring (bicyclic) bond motifs is 1. The van der Waals surface area contributed by atoms with Gasteiger partial charge in [-0.3, -0.25) is 0 Å². The lowest BCUT2D eigenvalue weighted by molar-refractivity contribution is 0.663. The van der Waals surface area contributed by atoms with Gasteiger partial charge in [-0.25, -0.2) is 9.97 Å². The fourth-order valence-electron chi connectivity index (χ4n) is 3.53. The number of aryl methyl sites for hydroxylation is 2. The fraction of sp³-hybridized carbons (Fsp3) is 0.400. The largest absolute Gasteiger partial charge is 0.369 e. The number of halogens is 1. The number of hydrogen-bond donors (Lipinski definition) is 1. The molecule has 0 aliphatic heterocycles. The van der Waals surface area contributed by atoms with Crippen LogP contribution in [0.1, 0.15) is 36.8 Å². The van der Waals surface area contributed by atoms with Crippen LogP contribution in [-0.2, 0) is 25.8 Å². The second-order valence-electron chi connectivity index (χ2n) is 6.75. The van der Waals surface area contributed by atoms with Gasteiger partial charge in [-0.05, 0) is 44.7 Å². The smallest absolute Gasteiger partial charge is 0.161 e. The Morgan fingerprint density at radius 3 is 2.93 bits per heavy atom. The predicted molar refractivity (Wildman–Crippen MR) is 107 cm³/mol. The van der Waals surface area contributed by atoms with E-state index in [0.29, 0.717) is 5.02 Å². The first-order valence-electron chi connectivity index (χ1n) is 9.51. The number of aromatic nitrogens is 5. The third kappa shape index (κ3) is 3.95. The van der Waals surface area contributed by atoms with Gasteiger partial charge in [0.25, 0.3) is 0 Å². The second kappa shape index (κ2) is 8.05. The van der Waals surface area contributed by atoms with E-state index in [0.717, 1.165) is 61.1 Å². The molecule has 1 aliphatic carbocycles. The molecule has 7 heteroatoms. The van der Waals surface area contributed by atoms with Crippen LogP contribution in [0.4, 0.5) is 5.82 Å². The van der Waals surface area contributed by atoms with Crippen molar-refractivity contribution < 1.29 is 0 Å². The third-order valence-electron chi connectivity index (χ3n) is 4.94. The van der Waals surface area contributed by atoms with Crippen molar-refractivity contribution in [2.24, 2.45) is 0 Å². The summed E-state index contributed by atoms with van der Waals surface area (Å²) in [5.41, 5.74) is 3.36. The molecule has 1 aliphatic rings. The summed E-state index contributed by atoms with van der Waals surface area (Å²) in [6, 6.07) is 7.72. The Labute approximate surface area is 164 Å². The molecule has 27 heavy (non-hydrogen) atoms. The zero-order valence-corrected chi connectivity index (χ0v) is 16.2. The van der Waals surface area contributed by atoms with Crippen molar-refractivity contribution in [3.63, 3.8) is 0 Å². The Hall–Kier alpha value is -2.47. The van der Waals surface area contributed by atoms with E-state index in [1.807, 2.05) is 24.3 Å². The van der Waals surface area contributed by atoms with Crippen LogP contribution in [0.2, 0.25) is 5.02 Å². The molecule has 0 radical (unpaired) electrons. The Bertz CT molecular complexity index is 936. The van der Waals surface area contributed by atoms with Crippen molar-refractivity contribution in [3.05, 3.63) is 52.7 Å². The van der Waals surface area contributed by atoms with Crippen LogP contribution in [0, 0.1) is 0 Å². The van der Waals surface area contributed by atoms with Crippen molar-refractivity contribution in [2.45, 2.75) is 45.6 Å². The van der Waals surface area contributed by atoms with Gasteiger partial charge in [0.1, 0.15) is 18.0 Å². The minimum atomic E-state index is 0.697. The predicted octanol–water partition coefficient (Wildman–Crippen LogP) is 3.94. The molecule has 2 aromatic heterocycles. The summed E-state index contributed by atoms with van der Waals surface area (Å²) in [6.45, 7) is 3.74. The van der Waals surface area contributed by atoms with Gasteiger partial charge in [-0.1, -0.05) is 23.7 Å². The van der Waals surface area contributed by atoms with E-state index in [9.17, 15) is 0 Å². The molecule has 1 aromatic carbocycles. The van der Waals surface area contributed by atoms with E-state index in [1.54, 1.807) is 6.33 Å². The lowest BCUT2D eigenvalue weighted by Crippen LogP contribution is -2.16. The quantitative estimate of drug-likeness (QED) is 0.699. The van der Waals surface area contributed by atoms with Crippen LogP contribution in [0.15, 0.2) is 30.6 Å². The van der Waals surface area contributed by atoms with Crippen LogP contribution in [0.3, 0.4) is 0 Å². The van der Waals surface area contributed by atoms with Gasteiger partial charge in [0.05, 0.1) is 0 Å². The van der Waals surface area contributed by atoms with Crippen molar-refractivity contribution in [2.75, 3.05) is 11.9 Å². The molecule has 0 spiro atoms. The van der Waals surface area contributed by atoms with Gasteiger partial charge in [0.2, 0.25) is 0 Å². The Morgan fingerprint density at radius 1 is 1.19 bits per heavy atom. The second-order valence-corrected chi connectivity index (χ2v) is 7.18. The molecule has 0 fully saturated rings. The van der Waals surface area contributed by atoms with Crippen LogP contribution in [0.5, 0.6) is 0 Å². The maximum absolute atomic E-state index is 6.16. The highest BCUT2D eigenvalue weighted by Crippen LogP contribution is 2.29. The highest BCUT2D eigenvalue weighted by molar-refractivity contribution is 6.30. The number of rotatable bonds is 6. The first-order chi connectivity index (χ1) is 13.2. The molecular formula is C20H23ClN6. The maximum atomic E-state index is 6.16. The van der Waals surface area contributed by atoms with Crippen molar-refractivity contribution >= 4 is 17.4 Å². The summed E-state index contributed by atoms with van der Waals surface area (Å²) >= 11 is 6.16. The van der Waals surface area contributed by atoms with Gasteiger partial charge in [0.15, 0.2) is 5.82 Å². The molecule has 0 unspecified atom stereocenters. The van der Waals surface area contributed by atoms with Crippen LogP contribution in [-0.4, -0.2) is 31.3 Å². The molecule has 2 heterocycles. The summed E-state index contributed by atoms with van der Waals surface area (Å²) in [5, 5.41) is 12.4. The molecule has 0 saturated heterocycles. The zero-order valence-electron chi connectivity index (χ0n) is 15.5. The minimum absolute atomic E-state index is 0.697. The summed E-state index contributed by atoms with van der Waals surface area (Å²) in [6.07, 6.45) is 6.98. The maximum Gasteiger partial charge on any atom is 0.161 e. The van der Waals surface area contributed by atoms with E-state index >= 15 is 0 Å². The number of benzene rings is 1. The SMILES string of the molecule is CCn1cnnc1CCNc1nc(-c2cccc(Cl)c2)nc2c1CCCC2. The van der Waals surface area contributed by atoms with Crippen molar-refractivity contribution in [1.29, 1.82) is 0 Å². The highest BCUT2D eigenvalue weighted by Gasteiger charge is 2.18. The Balaban J connectivity index is 1.59. The number of anilines is 1. The number of nitrogens with zero attached hydrogens (tertiary/aromatic N) is 5. The van der Waals surface area contributed by atoms with Crippen molar-refractivity contribution in [1.82, 2.24) is 24.7 Å². The first kappa shape index (κ1) is 17.9. The van der Waals surface area contributed by atoms with Gasteiger partial charge >= 0.3 is 0 Å². The summed E-state index contributed by atoms with van der Waals surface area (Å²) in [5.74, 6) is 2.66. The monoisotopic (exact) mass is 382 g/mol. The normalized spacial score (nSPS) is 13.4. The minimum Gasteiger partial charge on any atom is -0.369 e. The molecule has 4 rings (SSSR count). The van der Waals surface area contributed by atoms with Crippen LogP contribution >= 0.6 is 11.6 Å². The molecule has 0 bridgehead atoms. The Morgan fingerprint density at radius 2 is 2.07 bits per heavy atom. The van der Waals surface area contributed by atoms with E-state index in [-0.39, 0.29) is 0 Å². The number of hydrogen-bond acceptors (Lipinski definition) is 5. The topological polar surface area (TPSA) is 68.5 Å². The lowest BCUT2D eigenvalue weighted by Gasteiger charge is -2.20. The average Bonchev–Trinajstić information content (AvgIpc) is 3.15. The number of nitrogens with one attached hydrogen (secondary N) is 1. The van der Waals surface area contributed by atoms with Gasteiger partial charge < -0.3 is 9.88 Å². The van der Waals surface area contributed by atoms with Crippen LogP contribution in [0.25, 0.3) is 11.4 Å². The molecule has 0 saturated carbocycles. The van der Waals surface area contributed by atoms with Gasteiger partial charge in [-0.15, -0.1) is 10.2 Å². The summed E-state index contributed by atoms with van der Waals surface area (Å²) in [4.78, 5) is 9.67. The molecular weight excluding hydrogens is 360 g/mol. The van der Waals surface area contributed by atoms with Gasteiger partial charge in [0, 0.05) is 41.4 Å². The van der Waals surface area contributed by atoms with E-state index < -0.39 is 0 Å². The molecule has 140 valence electrons. The van der Waals surface area contributed by atoms with E-state index in [1.165, 1.54) is 18.4 Å². The molecule has 1 N–H and O–H groups in total. The lowest BCUT2D eigenvalue weighted by atomic mass is 9.96. The first-order valence-corrected chi connectivity index (χ1v) is 9.88. The average molecular weight is 383 g/mol. The molecule has 0 atom stereocenters.